The normalized spacial score (nSPS) is 15.0. The molecule has 1 saturated heterocycles. The van der Waals surface area contributed by atoms with Crippen molar-refractivity contribution in [2.75, 3.05) is 25.6 Å². The molecule has 1 aliphatic rings. The lowest BCUT2D eigenvalue weighted by atomic mass is 10.1. The highest BCUT2D eigenvalue weighted by Gasteiger charge is 2.18. The molecule has 3 aromatic heterocycles. The van der Waals surface area contributed by atoms with Gasteiger partial charge in [0.25, 0.3) is 0 Å². The molecule has 0 bridgehead atoms. The summed E-state index contributed by atoms with van der Waals surface area (Å²) >= 11 is 5.95. The van der Waals surface area contributed by atoms with Gasteiger partial charge in [0, 0.05) is 30.8 Å². The van der Waals surface area contributed by atoms with Gasteiger partial charge in [-0.05, 0) is 11.6 Å². The number of nitrogens with zero attached hydrogens (tertiary/aromatic N) is 4. The third-order valence-electron chi connectivity index (χ3n) is 4.86. The molecule has 4 rings (SSSR count). The van der Waals surface area contributed by atoms with E-state index in [0.717, 1.165) is 6.42 Å². The average molecular weight is 466 g/mol. The first kappa shape index (κ1) is 22.5. The molecule has 1 atom stereocenters. The minimum absolute atomic E-state index is 0.0456. The van der Waals surface area contributed by atoms with Crippen molar-refractivity contribution in [1.29, 1.82) is 5.26 Å². The van der Waals surface area contributed by atoms with E-state index in [9.17, 15) is 10.1 Å². The van der Waals surface area contributed by atoms with E-state index in [-0.39, 0.29) is 24.1 Å². The van der Waals surface area contributed by atoms with Crippen LogP contribution < -0.4 is 14.8 Å². The maximum Gasteiger partial charge on any atom is 0.230 e. The van der Waals surface area contributed by atoms with Gasteiger partial charge < -0.3 is 19.5 Å². The number of amides is 1. The van der Waals surface area contributed by atoms with Crippen LogP contribution in [0, 0.1) is 11.3 Å². The van der Waals surface area contributed by atoms with Crippen molar-refractivity contribution < 1.29 is 19.0 Å². The van der Waals surface area contributed by atoms with E-state index in [1.54, 1.807) is 36.5 Å². The Morgan fingerprint density at radius 3 is 2.85 bits per heavy atom. The summed E-state index contributed by atoms with van der Waals surface area (Å²) < 4.78 is 16.4. The quantitative estimate of drug-likeness (QED) is 0.563. The zero-order valence-electron chi connectivity index (χ0n) is 17.7. The summed E-state index contributed by atoms with van der Waals surface area (Å²) in [5.74, 6) is 1.04. The van der Waals surface area contributed by atoms with E-state index >= 15 is 0 Å². The van der Waals surface area contributed by atoms with Crippen molar-refractivity contribution >= 4 is 23.3 Å². The van der Waals surface area contributed by atoms with Crippen LogP contribution in [0.25, 0.3) is 11.4 Å². The molecule has 0 aromatic carbocycles. The second-order valence-electron chi connectivity index (χ2n) is 7.27. The molecular weight excluding hydrogens is 446 g/mol. The smallest absolute Gasteiger partial charge is 0.230 e. The molecule has 1 amide bonds. The summed E-state index contributed by atoms with van der Waals surface area (Å²) in [5, 5.41) is 12.4. The Balaban J connectivity index is 1.44. The van der Waals surface area contributed by atoms with Crippen LogP contribution >= 0.6 is 11.6 Å². The SMILES string of the molecule is COc1cc(NC(=O)Cc2ccc(-c3cc(O[C@H]4CCOC4)cc(C#N)n3)nc2)ncc1Cl. The number of ether oxygens (including phenoxy) is 3. The summed E-state index contributed by atoms with van der Waals surface area (Å²) in [6, 6.07) is 10.5. The number of halogens is 1. The summed E-state index contributed by atoms with van der Waals surface area (Å²) in [6.45, 7) is 1.18. The molecular formula is C23H20ClN5O4. The number of nitriles is 1. The highest BCUT2D eigenvalue weighted by molar-refractivity contribution is 6.32. The number of aromatic nitrogens is 3. The number of pyridine rings is 3. The number of anilines is 1. The Morgan fingerprint density at radius 2 is 2.15 bits per heavy atom. The van der Waals surface area contributed by atoms with Crippen molar-refractivity contribution in [3.05, 3.63) is 59.0 Å². The van der Waals surface area contributed by atoms with Crippen molar-refractivity contribution in [2.24, 2.45) is 0 Å². The van der Waals surface area contributed by atoms with E-state index in [4.69, 9.17) is 25.8 Å². The molecule has 0 radical (unpaired) electrons. The summed E-state index contributed by atoms with van der Waals surface area (Å²) in [7, 11) is 1.49. The van der Waals surface area contributed by atoms with Crippen LogP contribution in [0.2, 0.25) is 5.02 Å². The van der Waals surface area contributed by atoms with Crippen molar-refractivity contribution in [3.63, 3.8) is 0 Å². The number of nitrogens with one attached hydrogen (secondary N) is 1. The molecule has 3 aromatic rings. The summed E-state index contributed by atoms with van der Waals surface area (Å²) in [6.07, 6.45) is 3.85. The van der Waals surface area contributed by atoms with Crippen molar-refractivity contribution in [1.82, 2.24) is 15.0 Å². The Kier molecular flexibility index (Phi) is 6.98. The number of methoxy groups -OCH3 is 1. The Labute approximate surface area is 195 Å². The van der Waals surface area contributed by atoms with Crippen LogP contribution in [0.4, 0.5) is 5.82 Å². The number of carbonyl (C=O) groups is 1. The van der Waals surface area contributed by atoms with Gasteiger partial charge in [-0.2, -0.15) is 5.26 Å². The third kappa shape index (κ3) is 5.74. The van der Waals surface area contributed by atoms with E-state index in [2.05, 4.69) is 20.3 Å². The lowest BCUT2D eigenvalue weighted by Gasteiger charge is -2.13. The third-order valence-corrected chi connectivity index (χ3v) is 5.15. The van der Waals surface area contributed by atoms with Gasteiger partial charge in [-0.25, -0.2) is 9.97 Å². The lowest BCUT2D eigenvalue weighted by molar-refractivity contribution is -0.115. The predicted octanol–water partition coefficient (Wildman–Crippen LogP) is 3.42. The minimum Gasteiger partial charge on any atom is -0.495 e. The van der Waals surface area contributed by atoms with Gasteiger partial charge in [0.05, 0.1) is 44.3 Å². The van der Waals surface area contributed by atoms with Crippen LogP contribution in [-0.2, 0) is 16.0 Å². The van der Waals surface area contributed by atoms with Crippen LogP contribution in [0.15, 0.2) is 42.7 Å². The topological polar surface area (TPSA) is 119 Å². The van der Waals surface area contributed by atoms with Gasteiger partial charge in [-0.15, -0.1) is 0 Å². The van der Waals surface area contributed by atoms with Crippen molar-refractivity contribution in [3.8, 4) is 29.0 Å². The maximum absolute atomic E-state index is 12.4. The second kappa shape index (κ2) is 10.3. The molecule has 33 heavy (non-hydrogen) atoms. The molecule has 0 unspecified atom stereocenters. The monoisotopic (exact) mass is 465 g/mol. The summed E-state index contributed by atoms with van der Waals surface area (Å²) in [4.78, 5) is 25.2. The molecule has 1 fully saturated rings. The molecule has 1 N–H and O–H groups in total. The first-order valence-corrected chi connectivity index (χ1v) is 10.5. The number of carbonyl (C=O) groups excluding carboxylic acids is 1. The van der Waals surface area contributed by atoms with Crippen LogP contribution in [0.1, 0.15) is 17.7 Å². The van der Waals surface area contributed by atoms with Crippen LogP contribution in [0.5, 0.6) is 11.5 Å². The van der Waals surface area contributed by atoms with Gasteiger partial charge in [0.15, 0.2) is 0 Å². The Hall–Kier alpha value is -3.74. The average Bonchev–Trinajstić information content (AvgIpc) is 3.33. The minimum atomic E-state index is -0.263. The van der Waals surface area contributed by atoms with E-state index in [1.165, 1.54) is 13.3 Å². The Morgan fingerprint density at radius 1 is 1.27 bits per heavy atom. The van der Waals surface area contributed by atoms with Gasteiger partial charge in [-0.3, -0.25) is 9.78 Å². The predicted molar refractivity (Wildman–Crippen MR) is 120 cm³/mol. The standard InChI is InChI=1S/C23H20ClN5O4/c1-31-21-9-22(27-12-18(21)24)29-23(30)6-14-2-3-19(26-11-14)20-8-17(7-15(10-25)28-20)33-16-4-5-32-13-16/h2-3,7-9,11-12,16H,4-6,13H2,1H3,(H,27,29,30)/t16-/m0/s1. The molecule has 0 aliphatic carbocycles. The Bertz CT molecular complexity index is 1190. The lowest BCUT2D eigenvalue weighted by Crippen LogP contribution is -2.16. The highest BCUT2D eigenvalue weighted by Crippen LogP contribution is 2.26. The van der Waals surface area contributed by atoms with Gasteiger partial charge in [-0.1, -0.05) is 17.7 Å². The zero-order chi connectivity index (χ0) is 23.2. The fourth-order valence-corrected chi connectivity index (χ4v) is 3.44. The van der Waals surface area contributed by atoms with Gasteiger partial charge in [0.1, 0.15) is 40.2 Å². The fourth-order valence-electron chi connectivity index (χ4n) is 3.26. The largest absolute Gasteiger partial charge is 0.495 e. The molecule has 0 saturated carbocycles. The first-order chi connectivity index (χ1) is 16.0. The summed E-state index contributed by atoms with van der Waals surface area (Å²) in [5.41, 5.74) is 2.01. The van der Waals surface area contributed by atoms with E-state index in [1.807, 2.05) is 6.07 Å². The molecule has 0 spiro atoms. The molecule has 4 heterocycles. The molecule has 9 nitrogen and oxygen atoms in total. The first-order valence-electron chi connectivity index (χ1n) is 10.2. The number of hydrogen-bond donors (Lipinski definition) is 1. The van der Waals surface area contributed by atoms with Crippen LogP contribution in [-0.4, -0.2) is 47.3 Å². The maximum atomic E-state index is 12.4. The van der Waals surface area contributed by atoms with Crippen molar-refractivity contribution in [2.45, 2.75) is 18.9 Å². The zero-order valence-corrected chi connectivity index (χ0v) is 18.5. The van der Waals surface area contributed by atoms with Gasteiger partial charge >= 0.3 is 0 Å². The van der Waals surface area contributed by atoms with E-state index in [0.29, 0.717) is 52.5 Å². The van der Waals surface area contributed by atoms with Crippen LogP contribution in [0.3, 0.4) is 0 Å². The highest BCUT2D eigenvalue weighted by atomic mass is 35.5. The number of rotatable bonds is 7. The van der Waals surface area contributed by atoms with E-state index < -0.39 is 0 Å². The molecule has 168 valence electrons. The second-order valence-corrected chi connectivity index (χ2v) is 7.68. The molecule has 10 heteroatoms. The number of hydrogen-bond acceptors (Lipinski definition) is 8. The molecule has 1 aliphatic heterocycles. The fraction of sp³-hybridized carbons (Fsp3) is 0.261. The van der Waals surface area contributed by atoms with Gasteiger partial charge in [0.2, 0.25) is 5.91 Å².